The van der Waals surface area contributed by atoms with Gasteiger partial charge in [0.15, 0.2) is 0 Å². The number of aliphatic hydroxyl groups is 1. The standard InChI is InChI=1S/C25H30N2O2.C2H2O4/c1-27(2)25(22-11-7-4-8-12-22)18-26-17-23(28)19-29-24-15-13-21(14-16-24)20-9-5-3-6-10-20;3-1(4)2(5)6/h3-16,23,25-26,28H,17-19H2,1-2H3;(H,3,4)(H,5,6). The molecule has 0 radical (unpaired) electrons. The van der Waals surface area contributed by atoms with E-state index in [1.54, 1.807) is 0 Å². The molecule has 8 nitrogen and oxygen atoms in total. The number of hydrogen-bond donors (Lipinski definition) is 4. The van der Waals surface area contributed by atoms with Crippen LogP contribution in [0.5, 0.6) is 5.75 Å². The molecular formula is C27H32N2O6. The number of carboxylic acid groups (broad SMARTS) is 2. The summed E-state index contributed by atoms with van der Waals surface area (Å²) in [5, 5.41) is 28.4. The second kappa shape index (κ2) is 14.5. The monoisotopic (exact) mass is 480 g/mol. The third-order valence-electron chi connectivity index (χ3n) is 5.11. The molecule has 0 aliphatic rings. The number of hydrogen-bond acceptors (Lipinski definition) is 6. The zero-order valence-electron chi connectivity index (χ0n) is 19.9. The lowest BCUT2D eigenvalue weighted by Gasteiger charge is -2.25. The second-order valence-corrected chi connectivity index (χ2v) is 8.01. The minimum absolute atomic E-state index is 0.259. The van der Waals surface area contributed by atoms with Gasteiger partial charge in [-0.05, 0) is 42.9 Å². The molecule has 0 amide bonds. The molecule has 2 unspecified atom stereocenters. The third-order valence-corrected chi connectivity index (χ3v) is 5.11. The van der Waals surface area contributed by atoms with Gasteiger partial charge in [-0.2, -0.15) is 0 Å². The molecule has 0 fully saturated rings. The summed E-state index contributed by atoms with van der Waals surface area (Å²) in [6.45, 7) is 1.51. The van der Waals surface area contributed by atoms with Gasteiger partial charge in [-0.3, -0.25) is 0 Å². The van der Waals surface area contributed by atoms with Gasteiger partial charge in [0.25, 0.3) is 0 Å². The van der Waals surface area contributed by atoms with E-state index in [4.69, 9.17) is 24.5 Å². The quantitative estimate of drug-likeness (QED) is 0.327. The molecule has 4 N–H and O–H groups in total. The largest absolute Gasteiger partial charge is 0.491 e. The molecule has 3 rings (SSSR count). The maximum Gasteiger partial charge on any atom is 0.414 e. The van der Waals surface area contributed by atoms with E-state index in [0.717, 1.165) is 17.9 Å². The van der Waals surface area contributed by atoms with E-state index >= 15 is 0 Å². The fourth-order valence-corrected chi connectivity index (χ4v) is 3.29. The first-order valence-corrected chi connectivity index (χ1v) is 11.1. The molecular weight excluding hydrogens is 448 g/mol. The second-order valence-electron chi connectivity index (χ2n) is 8.01. The summed E-state index contributed by atoms with van der Waals surface area (Å²) in [7, 11) is 4.13. The van der Waals surface area contributed by atoms with Crippen molar-refractivity contribution in [2.24, 2.45) is 0 Å². The van der Waals surface area contributed by atoms with E-state index < -0.39 is 18.0 Å². The summed E-state index contributed by atoms with van der Waals surface area (Å²) in [6.07, 6.45) is -0.567. The first-order chi connectivity index (χ1) is 16.8. The molecule has 0 spiro atoms. The lowest BCUT2D eigenvalue weighted by molar-refractivity contribution is -0.159. The van der Waals surface area contributed by atoms with Crippen LogP contribution in [0.3, 0.4) is 0 Å². The summed E-state index contributed by atoms with van der Waals surface area (Å²) in [6, 6.07) is 28.9. The topological polar surface area (TPSA) is 119 Å². The number of rotatable bonds is 10. The molecule has 8 heteroatoms. The first-order valence-electron chi connectivity index (χ1n) is 11.1. The van der Waals surface area contributed by atoms with Gasteiger partial charge in [0.1, 0.15) is 18.5 Å². The van der Waals surface area contributed by atoms with Crippen LogP contribution in [0.4, 0.5) is 0 Å². The van der Waals surface area contributed by atoms with E-state index in [9.17, 15) is 5.11 Å². The van der Waals surface area contributed by atoms with Crippen molar-refractivity contribution < 1.29 is 29.6 Å². The van der Waals surface area contributed by atoms with Gasteiger partial charge < -0.3 is 30.3 Å². The molecule has 3 aromatic carbocycles. The molecule has 0 aromatic heterocycles. The van der Waals surface area contributed by atoms with Gasteiger partial charge in [-0.1, -0.05) is 72.8 Å². The summed E-state index contributed by atoms with van der Waals surface area (Å²) >= 11 is 0. The van der Waals surface area contributed by atoms with Crippen molar-refractivity contribution in [2.75, 3.05) is 33.8 Å². The highest BCUT2D eigenvalue weighted by Gasteiger charge is 2.14. The van der Waals surface area contributed by atoms with E-state index in [1.807, 2.05) is 48.5 Å². The Morgan fingerprint density at radius 3 is 1.83 bits per heavy atom. The van der Waals surface area contributed by atoms with E-state index in [1.165, 1.54) is 11.1 Å². The normalized spacial score (nSPS) is 12.2. The Balaban J connectivity index is 0.000000641. The number of ether oxygens (including phenoxy) is 1. The zero-order valence-corrected chi connectivity index (χ0v) is 19.9. The van der Waals surface area contributed by atoms with Crippen LogP contribution in [0.1, 0.15) is 11.6 Å². The lowest BCUT2D eigenvalue weighted by Crippen LogP contribution is -2.37. The number of nitrogens with zero attached hydrogens (tertiary/aromatic N) is 1. The number of nitrogens with one attached hydrogen (secondary N) is 1. The summed E-state index contributed by atoms with van der Waals surface area (Å²) in [4.78, 5) is 20.4. The SMILES string of the molecule is CN(C)C(CNCC(O)COc1ccc(-c2ccccc2)cc1)c1ccccc1.O=C(O)C(=O)O. The van der Waals surface area contributed by atoms with Gasteiger partial charge in [0.05, 0.1) is 0 Å². The van der Waals surface area contributed by atoms with Crippen molar-refractivity contribution in [3.8, 4) is 16.9 Å². The Morgan fingerprint density at radius 2 is 1.31 bits per heavy atom. The molecule has 186 valence electrons. The minimum Gasteiger partial charge on any atom is -0.491 e. The van der Waals surface area contributed by atoms with Gasteiger partial charge in [-0.15, -0.1) is 0 Å². The number of aliphatic hydroxyl groups excluding tert-OH is 1. The molecule has 35 heavy (non-hydrogen) atoms. The fraction of sp³-hybridized carbons (Fsp3) is 0.259. The average Bonchev–Trinajstić information content (AvgIpc) is 2.87. The van der Waals surface area contributed by atoms with Gasteiger partial charge in [0, 0.05) is 19.1 Å². The molecule has 0 saturated heterocycles. The van der Waals surface area contributed by atoms with Crippen LogP contribution in [-0.4, -0.2) is 72.1 Å². The highest BCUT2D eigenvalue weighted by Crippen LogP contribution is 2.22. The Labute approximate surface area is 205 Å². The molecule has 2 atom stereocenters. The summed E-state index contributed by atoms with van der Waals surface area (Å²) < 4.78 is 5.75. The fourth-order valence-electron chi connectivity index (χ4n) is 3.29. The van der Waals surface area contributed by atoms with Gasteiger partial charge in [-0.25, -0.2) is 9.59 Å². The molecule has 0 aliphatic carbocycles. The average molecular weight is 481 g/mol. The van der Waals surface area contributed by atoms with Crippen LogP contribution < -0.4 is 10.1 Å². The van der Waals surface area contributed by atoms with E-state index in [2.05, 4.69) is 60.7 Å². The van der Waals surface area contributed by atoms with Crippen LogP contribution in [0.15, 0.2) is 84.9 Å². The maximum atomic E-state index is 10.3. The van der Waals surface area contributed by atoms with Crippen molar-refractivity contribution >= 4 is 11.9 Å². The number of likely N-dealkylation sites (N-methyl/N-ethyl adjacent to an activating group) is 1. The zero-order chi connectivity index (χ0) is 25.6. The van der Waals surface area contributed by atoms with E-state index in [-0.39, 0.29) is 12.6 Å². The summed E-state index contributed by atoms with van der Waals surface area (Å²) in [5.74, 6) is -2.89. The summed E-state index contributed by atoms with van der Waals surface area (Å²) in [5.41, 5.74) is 3.59. The molecule has 0 aliphatic heterocycles. The van der Waals surface area contributed by atoms with Crippen molar-refractivity contribution in [3.05, 3.63) is 90.5 Å². The van der Waals surface area contributed by atoms with Crippen LogP contribution in [-0.2, 0) is 9.59 Å². The van der Waals surface area contributed by atoms with Gasteiger partial charge in [0.2, 0.25) is 0 Å². The van der Waals surface area contributed by atoms with Crippen molar-refractivity contribution in [3.63, 3.8) is 0 Å². The highest BCUT2D eigenvalue weighted by atomic mass is 16.5. The third kappa shape index (κ3) is 9.97. The van der Waals surface area contributed by atoms with Crippen LogP contribution in [0.2, 0.25) is 0 Å². The number of carboxylic acids is 2. The predicted molar refractivity (Wildman–Crippen MR) is 134 cm³/mol. The minimum atomic E-state index is -1.82. The van der Waals surface area contributed by atoms with Crippen LogP contribution >= 0.6 is 0 Å². The van der Waals surface area contributed by atoms with E-state index in [0.29, 0.717) is 6.54 Å². The molecule has 0 heterocycles. The van der Waals surface area contributed by atoms with Crippen molar-refractivity contribution in [1.29, 1.82) is 0 Å². The smallest absolute Gasteiger partial charge is 0.414 e. The first kappa shape index (κ1) is 27.5. The Morgan fingerprint density at radius 1 is 0.800 bits per heavy atom. The number of carbonyl (C=O) groups is 2. The predicted octanol–water partition coefficient (Wildman–Crippen LogP) is 3.14. The maximum absolute atomic E-state index is 10.3. The Kier molecular flexibility index (Phi) is 11.4. The molecule has 0 saturated carbocycles. The number of aliphatic carboxylic acids is 2. The van der Waals surface area contributed by atoms with Crippen molar-refractivity contribution in [2.45, 2.75) is 12.1 Å². The Bertz CT molecular complexity index is 1010. The lowest BCUT2D eigenvalue weighted by atomic mass is 10.1. The molecule has 0 bridgehead atoms. The van der Waals surface area contributed by atoms with Gasteiger partial charge >= 0.3 is 11.9 Å². The van der Waals surface area contributed by atoms with Crippen molar-refractivity contribution in [1.82, 2.24) is 10.2 Å². The molecule has 3 aromatic rings. The van der Waals surface area contributed by atoms with Crippen LogP contribution in [0, 0.1) is 0 Å². The number of benzene rings is 3. The highest BCUT2D eigenvalue weighted by molar-refractivity contribution is 6.27. The Hall–Kier alpha value is -3.72. The van der Waals surface area contributed by atoms with Crippen LogP contribution in [0.25, 0.3) is 11.1 Å².